The zero-order valence-corrected chi connectivity index (χ0v) is 10.1. The van der Waals surface area contributed by atoms with E-state index in [0.717, 1.165) is 15.7 Å². The lowest BCUT2D eigenvalue weighted by Gasteiger charge is -2.00. The second-order valence-corrected chi connectivity index (χ2v) is 4.53. The average Bonchev–Trinajstić information content (AvgIpc) is 2.70. The Balaban J connectivity index is 2.49. The smallest absolute Gasteiger partial charge is 0.205 e. The molecule has 1 aromatic heterocycles. The number of hydrogen-bond donors (Lipinski definition) is 1. The highest BCUT2D eigenvalue weighted by atomic mass is 35.5. The zero-order chi connectivity index (χ0) is 10.8. The van der Waals surface area contributed by atoms with Gasteiger partial charge in [-0.15, -0.1) is 10.2 Å². The van der Waals surface area contributed by atoms with Crippen molar-refractivity contribution in [2.24, 2.45) is 0 Å². The van der Waals surface area contributed by atoms with Crippen LogP contribution in [-0.4, -0.2) is 17.2 Å². The fourth-order valence-electron chi connectivity index (χ4n) is 1.10. The summed E-state index contributed by atoms with van der Waals surface area (Å²) in [7, 11) is 1.80. The molecule has 0 fully saturated rings. The average molecular weight is 260 g/mol. The van der Waals surface area contributed by atoms with Crippen molar-refractivity contribution in [3.8, 4) is 10.6 Å². The van der Waals surface area contributed by atoms with Crippen LogP contribution in [0.5, 0.6) is 0 Å². The minimum atomic E-state index is 0.512. The number of nitrogens with one attached hydrogen (secondary N) is 1. The third kappa shape index (κ3) is 2.07. The zero-order valence-electron chi connectivity index (χ0n) is 7.79. The predicted molar refractivity (Wildman–Crippen MR) is 64.9 cm³/mol. The van der Waals surface area contributed by atoms with Crippen LogP contribution < -0.4 is 5.32 Å². The van der Waals surface area contributed by atoms with Crippen LogP contribution in [0.1, 0.15) is 0 Å². The molecule has 3 nitrogen and oxygen atoms in total. The molecule has 78 valence electrons. The molecule has 6 heteroatoms. The van der Waals surface area contributed by atoms with E-state index in [0.29, 0.717) is 10.0 Å². The van der Waals surface area contributed by atoms with E-state index in [-0.39, 0.29) is 0 Å². The van der Waals surface area contributed by atoms with E-state index < -0.39 is 0 Å². The first-order valence-electron chi connectivity index (χ1n) is 4.18. The maximum absolute atomic E-state index is 6.07. The molecule has 2 aromatic rings. The molecular weight excluding hydrogens is 253 g/mol. The third-order valence-electron chi connectivity index (χ3n) is 1.82. The normalized spacial score (nSPS) is 10.3. The Kier molecular flexibility index (Phi) is 3.09. The van der Waals surface area contributed by atoms with Gasteiger partial charge in [0.15, 0.2) is 5.01 Å². The standard InChI is InChI=1S/C9H7Cl2N3S/c1-12-9-14-13-8(15-9)5-3-2-4-6(10)7(5)11/h2-4H,1H3,(H,12,14). The van der Waals surface area contributed by atoms with Crippen LogP contribution in [0.25, 0.3) is 10.6 Å². The molecule has 1 aromatic carbocycles. The molecule has 0 aliphatic heterocycles. The SMILES string of the molecule is CNc1nnc(-c2cccc(Cl)c2Cl)s1. The summed E-state index contributed by atoms with van der Waals surface area (Å²) >= 11 is 13.4. The summed E-state index contributed by atoms with van der Waals surface area (Å²) in [5.41, 5.74) is 0.808. The minimum Gasteiger partial charge on any atom is -0.363 e. The molecular formula is C9H7Cl2N3S. The quantitative estimate of drug-likeness (QED) is 0.897. The third-order valence-corrected chi connectivity index (χ3v) is 3.61. The number of nitrogens with zero attached hydrogens (tertiary/aromatic N) is 2. The number of anilines is 1. The van der Waals surface area contributed by atoms with Crippen LogP contribution >= 0.6 is 34.5 Å². The van der Waals surface area contributed by atoms with Gasteiger partial charge in [-0.3, -0.25) is 0 Å². The summed E-state index contributed by atoms with van der Waals surface area (Å²) in [4.78, 5) is 0. The highest BCUT2D eigenvalue weighted by Crippen LogP contribution is 2.35. The Morgan fingerprint density at radius 3 is 2.73 bits per heavy atom. The molecule has 0 aliphatic carbocycles. The van der Waals surface area contributed by atoms with E-state index in [4.69, 9.17) is 23.2 Å². The van der Waals surface area contributed by atoms with Gasteiger partial charge in [0.05, 0.1) is 10.0 Å². The van der Waals surface area contributed by atoms with E-state index >= 15 is 0 Å². The van der Waals surface area contributed by atoms with Crippen molar-refractivity contribution in [3.63, 3.8) is 0 Å². The molecule has 0 radical (unpaired) electrons. The van der Waals surface area contributed by atoms with Crippen molar-refractivity contribution in [2.75, 3.05) is 12.4 Å². The Bertz CT molecular complexity index is 484. The number of rotatable bonds is 2. The Labute approximate surface area is 101 Å². The van der Waals surface area contributed by atoms with E-state index in [1.54, 1.807) is 13.1 Å². The van der Waals surface area contributed by atoms with E-state index in [9.17, 15) is 0 Å². The van der Waals surface area contributed by atoms with Crippen LogP contribution in [0.2, 0.25) is 10.0 Å². The van der Waals surface area contributed by atoms with Crippen molar-refractivity contribution >= 4 is 39.7 Å². The molecule has 0 bridgehead atoms. The fraction of sp³-hybridized carbons (Fsp3) is 0.111. The monoisotopic (exact) mass is 259 g/mol. The highest BCUT2D eigenvalue weighted by molar-refractivity contribution is 7.18. The van der Waals surface area contributed by atoms with Gasteiger partial charge >= 0.3 is 0 Å². The fourth-order valence-corrected chi connectivity index (χ4v) is 2.28. The molecule has 0 aliphatic rings. The van der Waals surface area contributed by atoms with Gasteiger partial charge < -0.3 is 5.32 Å². The van der Waals surface area contributed by atoms with Crippen LogP contribution in [-0.2, 0) is 0 Å². The Morgan fingerprint density at radius 1 is 1.27 bits per heavy atom. The molecule has 1 heterocycles. The molecule has 0 spiro atoms. The summed E-state index contributed by atoms with van der Waals surface area (Å²) < 4.78 is 0. The summed E-state index contributed by atoms with van der Waals surface area (Å²) in [6, 6.07) is 5.45. The minimum absolute atomic E-state index is 0.512. The number of aromatic nitrogens is 2. The lowest BCUT2D eigenvalue weighted by Crippen LogP contribution is -1.84. The first-order chi connectivity index (χ1) is 7.22. The van der Waals surface area contributed by atoms with Crippen LogP contribution in [0.4, 0.5) is 5.13 Å². The summed E-state index contributed by atoms with van der Waals surface area (Å²) in [5.74, 6) is 0. The molecule has 0 unspecified atom stereocenters. The Hall–Kier alpha value is -0.840. The maximum atomic E-state index is 6.07. The van der Waals surface area contributed by atoms with Gasteiger partial charge in [0.2, 0.25) is 5.13 Å². The summed E-state index contributed by atoms with van der Waals surface area (Å²) in [5, 5.41) is 13.4. The van der Waals surface area contributed by atoms with Crippen LogP contribution in [0.15, 0.2) is 18.2 Å². The molecule has 15 heavy (non-hydrogen) atoms. The van der Waals surface area contributed by atoms with Crippen LogP contribution in [0, 0.1) is 0 Å². The van der Waals surface area contributed by atoms with Gasteiger partial charge in [-0.05, 0) is 6.07 Å². The van der Waals surface area contributed by atoms with Crippen molar-refractivity contribution in [1.29, 1.82) is 0 Å². The van der Waals surface area contributed by atoms with E-state index in [1.807, 2.05) is 12.1 Å². The molecule has 0 atom stereocenters. The first-order valence-corrected chi connectivity index (χ1v) is 5.75. The summed E-state index contributed by atoms with van der Waals surface area (Å²) in [6.45, 7) is 0. The first kappa shape index (κ1) is 10.7. The van der Waals surface area contributed by atoms with Gasteiger partial charge in [-0.25, -0.2) is 0 Å². The van der Waals surface area contributed by atoms with Gasteiger partial charge in [-0.2, -0.15) is 0 Å². The predicted octanol–water partition coefficient (Wildman–Crippen LogP) is 3.55. The number of hydrogen-bond acceptors (Lipinski definition) is 4. The molecule has 0 amide bonds. The lowest BCUT2D eigenvalue weighted by molar-refractivity contribution is 1.09. The molecule has 0 saturated heterocycles. The lowest BCUT2D eigenvalue weighted by atomic mass is 10.2. The highest BCUT2D eigenvalue weighted by Gasteiger charge is 2.11. The molecule has 0 saturated carbocycles. The maximum Gasteiger partial charge on any atom is 0.205 e. The molecule has 1 N–H and O–H groups in total. The second-order valence-electron chi connectivity index (χ2n) is 2.76. The number of benzene rings is 1. The second kappa shape index (κ2) is 4.35. The van der Waals surface area contributed by atoms with Crippen molar-refractivity contribution < 1.29 is 0 Å². The molecule has 2 rings (SSSR count). The van der Waals surface area contributed by atoms with Crippen molar-refractivity contribution in [2.45, 2.75) is 0 Å². The van der Waals surface area contributed by atoms with Crippen LogP contribution in [0.3, 0.4) is 0 Å². The number of halogens is 2. The van der Waals surface area contributed by atoms with Gasteiger partial charge in [-0.1, -0.05) is 46.7 Å². The van der Waals surface area contributed by atoms with Gasteiger partial charge in [0.1, 0.15) is 0 Å². The van der Waals surface area contributed by atoms with E-state index in [2.05, 4.69) is 15.5 Å². The van der Waals surface area contributed by atoms with E-state index in [1.165, 1.54) is 11.3 Å². The Morgan fingerprint density at radius 2 is 2.07 bits per heavy atom. The van der Waals surface area contributed by atoms with Gasteiger partial charge in [0.25, 0.3) is 0 Å². The van der Waals surface area contributed by atoms with Crippen molar-refractivity contribution in [1.82, 2.24) is 10.2 Å². The topological polar surface area (TPSA) is 37.8 Å². The largest absolute Gasteiger partial charge is 0.363 e. The summed E-state index contributed by atoms with van der Waals surface area (Å²) in [6.07, 6.45) is 0. The van der Waals surface area contributed by atoms with Crippen molar-refractivity contribution in [3.05, 3.63) is 28.2 Å². The van der Waals surface area contributed by atoms with Gasteiger partial charge in [0, 0.05) is 12.6 Å².